The summed E-state index contributed by atoms with van der Waals surface area (Å²) in [6, 6.07) is 4.58. The second-order valence-electron chi connectivity index (χ2n) is 7.02. The molecule has 0 bridgehead atoms. The van der Waals surface area contributed by atoms with Gasteiger partial charge in [-0.3, -0.25) is 0 Å². The number of benzene rings is 1. The molecule has 1 N–H and O–H groups in total. The Morgan fingerprint density at radius 3 is 2.50 bits per heavy atom. The summed E-state index contributed by atoms with van der Waals surface area (Å²) in [7, 11) is 2.15. The molecule has 1 heterocycles. The number of nitrogens with zero attached hydrogens (tertiary/aromatic N) is 1. The third-order valence-corrected chi connectivity index (χ3v) is 3.79. The summed E-state index contributed by atoms with van der Waals surface area (Å²) >= 11 is 0. The summed E-state index contributed by atoms with van der Waals surface area (Å²) in [6.45, 7) is 12.1. The molecule has 0 saturated heterocycles. The van der Waals surface area contributed by atoms with Crippen LogP contribution in [0, 0.1) is 13.8 Å². The molecule has 2 nitrogen and oxygen atoms in total. The minimum atomic E-state index is 0.214. The van der Waals surface area contributed by atoms with E-state index in [2.05, 4.69) is 69.9 Å². The van der Waals surface area contributed by atoms with Gasteiger partial charge in [-0.15, -0.1) is 0 Å². The fourth-order valence-corrected chi connectivity index (χ4v) is 2.94. The summed E-state index contributed by atoms with van der Waals surface area (Å²) in [5.74, 6) is 0. The molecule has 2 aromatic rings. The summed E-state index contributed by atoms with van der Waals surface area (Å²) < 4.78 is 2.27. The Hall–Kier alpha value is -1.28. The van der Waals surface area contributed by atoms with E-state index in [9.17, 15) is 0 Å². The fraction of sp³-hybridized carbons (Fsp3) is 0.556. The van der Waals surface area contributed by atoms with Crippen molar-refractivity contribution in [3.63, 3.8) is 0 Å². The van der Waals surface area contributed by atoms with Crippen molar-refractivity contribution in [3.8, 4) is 0 Å². The maximum absolute atomic E-state index is 3.56. The van der Waals surface area contributed by atoms with Crippen LogP contribution in [0.15, 0.2) is 18.3 Å². The van der Waals surface area contributed by atoms with Gasteiger partial charge in [0.05, 0.1) is 0 Å². The highest BCUT2D eigenvalue weighted by atomic mass is 14.9. The molecular weight excluding hydrogens is 244 g/mol. The standard InChI is InChI=1S/C18H28N2/c1-13-10-14(2)17-15(12-20(6)16(17)11-13)8-7-9-19-18(3,4)5/h10-12,19H,7-9H2,1-6H3. The average Bonchev–Trinajstić information content (AvgIpc) is 2.61. The summed E-state index contributed by atoms with van der Waals surface area (Å²) in [5.41, 5.74) is 5.81. The van der Waals surface area contributed by atoms with Crippen LogP contribution in [-0.4, -0.2) is 16.7 Å². The molecule has 2 rings (SSSR count). The molecule has 0 spiro atoms. The van der Waals surface area contributed by atoms with E-state index in [1.165, 1.54) is 34.0 Å². The number of rotatable bonds is 4. The molecule has 110 valence electrons. The number of fused-ring (bicyclic) bond motifs is 1. The van der Waals surface area contributed by atoms with Crippen LogP contribution in [0.5, 0.6) is 0 Å². The first kappa shape index (κ1) is 15.1. The van der Waals surface area contributed by atoms with Gasteiger partial charge < -0.3 is 9.88 Å². The highest BCUT2D eigenvalue weighted by Crippen LogP contribution is 2.26. The Kier molecular flexibility index (Phi) is 4.24. The largest absolute Gasteiger partial charge is 0.350 e. The normalized spacial score (nSPS) is 12.3. The number of aromatic nitrogens is 1. The first-order chi connectivity index (χ1) is 9.28. The van der Waals surface area contributed by atoms with Crippen molar-refractivity contribution in [1.29, 1.82) is 0 Å². The van der Waals surface area contributed by atoms with Crippen molar-refractivity contribution in [2.24, 2.45) is 7.05 Å². The van der Waals surface area contributed by atoms with Gasteiger partial charge in [-0.05, 0) is 76.8 Å². The van der Waals surface area contributed by atoms with Crippen LogP contribution in [0.2, 0.25) is 0 Å². The Labute approximate surface area is 123 Å². The molecule has 0 aliphatic heterocycles. The minimum Gasteiger partial charge on any atom is -0.350 e. The van der Waals surface area contributed by atoms with E-state index in [0.717, 1.165) is 13.0 Å². The van der Waals surface area contributed by atoms with Crippen LogP contribution < -0.4 is 5.32 Å². The fourth-order valence-electron chi connectivity index (χ4n) is 2.94. The topological polar surface area (TPSA) is 17.0 Å². The third kappa shape index (κ3) is 3.43. The lowest BCUT2D eigenvalue weighted by atomic mass is 10.0. The van der Waals surface area contributed by atoms with Crippen LogP contribution in [0.4, 0.5) is 0 Å². The van der Waals surface area contributed by atoms with Gasteiger partial charge >= 0.3 is 0 Å². The molecule has 1 aromatic heterocycles. The number of hydrogen-bond acceptors (Lipinski definition) is 1. The molecule has 0 aliphatic carbocycles. The number of hydrogen-bond donors (Lipinski definition) is 1. The van der Waals surface area contributed by atoms with Crippen LogP contribution in [0.25, 0.3) is 10.9 Å². The van der Waals surface area contributed by atoms with E-state index in [1.54, 1.807) is 0 Å². The number of nitrogens with one attached hydrogen (secondary N) is 1. The van der Waals surface area contributed by atoms with Crippen molar-refractivity contribution in [2.45, 2.75) is 53.0 Å². The molecule has 0 unspecified atom stereocenters. The van der Waals surface area contributed by atoms with Gasteiger partial charge in [0.2, 0.25) is 0 Å². The zero-order valence-corrected chi connectivity index (χ0v) is 13.8. The first-order valence-electron chi connectivity index (χ1n) is 7.58. The first-order valence-corrected chi connectivity index (χ1v) is 7.58. The zero-order chi connectivity index (χ0) is 14.9. The maximum Gasteiger partial charge on any atom is 0.0485 e. The van der Waals surface area contributed by atoms with E-state index in [-0.39, 0.29) is 5.54 Å². The second-order valence-corrected chi connectivity index (χ2v) is 7.02. The van der Waals surface area contributed by atoms with Crippen LogP contribution >= 0.6 is 0 Å². The highest BCUT2D eigenvalue weighted by Gasteiger charge is 2.11. The van der Waals surface area contributed by atoms with E-state index >= 15 is 0 Å². The predicted octanol–water partition coefficient (Wildman–Crippen LogP) is 4.12. The van der Waals surface area contributed by atoms with Gasteiger partial charge in [0.1, 0.15) is 0 Å². The predicted molar refractivity (Wildman–Crippen MR) is 88.5 cm³/mol. The average molecular weight is 272 g/mol. The van der Waals surface area contributed by atoms with Gasteiger partial charge in [-0.1, -0.05) is 6.07 Å². The Morgan fingerprint density at radius 2 is 1.85 bits per heavy atom. The maximum atomic E-state index is 3.56. The van der Waals surface area contributed by atoms with Crippen molar-refractivity contribution in [1.82, 2.24) is 9.88 Å². The van der Waals surface area contributed by atoms with Crippen LogP contribution in [0.1, 0.15) is 43.9 Å². The van der Waals surface area contributed by atoms with Gasteiger partial charge in [0, 0.05) is 29.7 Å². The SMILES string of the molecule is Cc1cc(C)c2c(CCCNC(C)(C)C)cn(C)c2c1. The van der Waals surface area contributed by atoms with E-state index < -0.39 is 0 Å². The van der Waals surface area contributed by atoms with Gasteiger partial charge in [-0.25, -0.2) is 0 Å². The van der Waals surface area contributed by atoms with Gasteiger partial charge in [0.25, 0.3) is 0 Å². The Morgan fingerprint density at radius 1 is 1.15 bits per heavy atom. The Bertz CT molecular complexity index is 600. The molecule has 0 saturated carbocycles. The zero-order valence-electron chi connectivity index (χ0n) is 13.8. The van der Waals surface area contributed by atoms with Crippen LogP contribution in [0.3, 0.4) is 0 Å². The van der Waals surface area contributed by atoms with E-state index in [0.29, 0.717) is 0 Å². The van der Waals surface area contributed by atoms with Gasteiger partial charge in [0.15, 0.2) is 0 Å². The summed E-state index contributed by atoms with van der Waals surface area (Å²) in [5, 5.41) is 5.02. The molecule has 2 heteroatoms. The third-order valence-electron chi connectivity index (χ3n) is 3.79. The second kappa shape index (κ2) is 5.61. The van der Waals surface area contributed by atoms with Crippen molar-refractivity contribution >= 4 is 10.9 Å². The van der Waals surface area contributed by atoms with Crippen LogP contribution in [-0.2, 0) is 13.5 Å². The molecule has 1 aromatic carbocycles. The van der Waals surface area contributed by atoms with Crippen molar-refractivity contribution in [2.75, 3.05) is 6.54 Å². The Balaban J connectivity index is 2.15. The number of aryl methyl sites for hydroxylation is 4. The van der Waals surface area contributed by atoms with E-state index in [4.69, 9.17) is 0 Å². The van der Waals surface area contributed by atoms with Crippen molar-refractivity contribution < 1.29 is 0 Å². The highest BCUT2D eigenvalue weighted by molar-refractivity contribution is 5.87. The monoisotopic (exact) mass is 272 g/mol. The lowest BCUT2D eigenvalue weighted by Crippen LogP contribution is -2.36. The quantitative estimate of drug-likeness (QED) is 0.829. The lowest BCUT2D eigenvalue weighted by molar-refractivity contribution is 0.422. The molecule has 0 radical (unpaired) electrons. The molecule has 0 atom stereocenters. The summed E-state index contributed by atoms with van der Waals surface area (Å²) in [4.78, 5) is 0. The molecule has 20 heavy (non-hydrogen) atoms. The lowest BCUT2D eigenvalue weighted by Gasteiger charge is -2.20. The van der Waals surface area contributed by atoms with E-state index in [1.807, 2.05) is 0 Å². The minimum absolute atomic E-state index is 0.214. The molecule has 0 fully saturated rings. The van der Waals surface area contributed by atoms with Crippen molar-refractivity contribution in [3.05, 3.63) is 35.0 Å². The molecule has 0 amide bonds. The summed E-state index contributed by atoms with van der Waals surface area (Å²) in [6.07, 6.45) is 4.63. The molecular formula is C18H28N2. The van der Waals surface area contributed by atoms with Gasteiger partial charge in [-0.2, -0.15) is 0 Å². The smallest absolute Gasteiger partial charge is 0.0485 e. The molecule has 0 aliphatic rings.